The lowest BCUT2D eigenvalue weighted by atomic mass is 9.95. The van der Waals surface area contributed by atoms with Gasteiger partial charge in [0.1, 0.15) is 5.82 Å². The number of pyridine rings is 1. The lowest BCUT2D eigenvalue weighted by Gasteiger charge is -2.37. The minimum Gasteiger partial charge on any atom is -0.375 e. The summed E-state index contributed by atoms with van der Waals surface area (Å²) < 4.78 is 5.51. The summed E-state index contributed by atoms with van der Waals surface area (Å²) in [5.74, 6) is 1.36. The van der Waals surface area contributed by atoms with Crippen LogP contribution in [0.2, 0.25) is 5.02 Å². The van der Waals surface area contributed by atoms with Gasteiger partial charge in [0.2, 0.25) is 5.91 Å². The minimum atomic E-state index is 0.133. The quantitative estimate of drug-likeness (QED) is 0.837. The number of hydrogen-bond acceptors (Lipinski definition) is 4. The van der Waals surface area contributed by atoms with Crippen molar-refractivity contribution < 1.29 is 9.53 Å². The van der Waals surface area contributed by atoms with Gasteiger partial charge in [0, 0.05) is 38.3 Å². The summed E-state index contributed by atoms with van der Waals surface area (Å²) in [4.78, 5) is 21.2. The number of morpholine rings is 1. The number of carbonyl (C=O) groups excluding carboxylic acids is 1. The van der Waals surface area contributed by atoms with E-state index in [9.17, 15) is 4.79 Å². The predicted molar refractivity (Wildman–Crippen MR) is 86.2 cm³/mol. The largest absolute Gasteiger partial charge is 0.375 e. The number of ether oxygens (including phenoxy) is 1. The molecular weight excluding hydrogens is 302 g/mol. The fourth-order valence-electron chi connectivity index (χ4n) is 3.19. The van der Waals surface area contributed by atoms with E-state index in [1.807, 2.05) is 24.0 Å². The highest BCUT2D eigenvalue weighted by Gasteiger charge is 2.31. The first-order valence-electron chi connectivity index (χ1n) is 7.90. The summed E-state index contributed by atoms with van der Waals surface area (Å²) in [6, 6.07) is 3.80. The summed E-state index contributed by atoms with van der Waals surface area (Å²) >= 11 is 5.87. The van der Waals surface area contributed by atoms with Gasteiger partial charge in [-0.1, -0.05) is 11.6 Å². The smallest absolute Gasteiger partial charge is 0.225 e. The van der Waals surface area contributed by atoms with Crippen LogP contribution in [-0.2, 0) is 9.53 Å². The SMILES string of the molecule is C[C@@H]1CN(C(=O)C2CCN(c3ccc(Cl)cn3)CC2)CCO1. The van der Waals surface area contributed by atoms with Gasteiger partial charge < -0.3 is 14.5 Å². The van der Waals surface area contributed by atoms with Gasteiger partial charge in [0.05, 0.1) is 17.7 Å². The van der Waals surface area contributed by atoms with Crippen molar-refractivity contribution in [2.45, 2.75) is 25.9 Å². The second-order valence-corrected chi connectivity index (χ2v) is 6.50. The molecule has 0 saturated carbocycles. The summed E-state index contributed by atoms with van der Waals surface area (Å²) in [7, 11) is 0. The fourth-order valence-corrected chi connectivity index (χ4v) is 3.30. The van der Waals surface area contributed by atoms with E-state index in [1.165, 1.54) is 0 Å². The zero-order valence-electron chi connectivity index (χ0n) is 12.9. The molecule has 1 aromatic heterocycles. The molecule has 0 N–H and O–H groups in total. The van der Waals surface area contributed by atoms with Crippen LogP contribution in [-0.4, -0.2) is 54.7 Å². The number of amides is 1. The van der Waals surface area contributed by atoms with Gasteiger partial charge in [-0.25, -0.2) is 4.98 Å². The van der Waals surface area contributed by atoms with Crippen molar-refractivity contribution in [1.82, 2.24) is 9.88 Å². The van der Waals surface area contributed by atoms with Crippen molar-refractivity contribution in [3.05, 3.63) is 23.4 Å². The predicted octanol–water partition coefficient (Wildman–Crippen LogP) is 2.20. The molecule has 120 valence electrons. The molecule has 2 saturated heterocycles. The Hall–Kier alpha value is -1.33. The Morgan fingerprint density at radius 1 is 1.32 bits per heavy atom. The van der Waals surface area contributed by atoms with Crippen LogP contribution in [0.5, 0.6) is 0 Å². The second-order valence-electron chi connectivity index (χ2n) is 6.06. The van der Waals surface area contributed by atoms with Gasteiger partial charge >= 0.3 is 0 Å². The molecule has 0 unspecified atom stereocenters. The standard InChI is InChI=1S/C16H22ClN3O2/c1-12-11-20(8-9-22-12)16(21)13-4-6-19(7-5-13)15-3-2-14(17)10-18-15/h2-3,10,12-13H,4-9,11H2,1H3/t12-/m1/s1. The summed E-state index contributed by atoms with van der Waals surface area (Å²) in [5.41, 5.74) is 0. The van der Waals surface area contributed by atoms with E-state index in [1.54, 1.807) is 6.20 Å². The third kappa shape index (κ3) is 3.52. The normalized spacial score (nSPS) is 23.6. The average molecular weight is 324 g/mol. The Balaban J connectivity index is 1.55. The van der Waals surface area contributed by atoms with Gasteiger partial charge in [0.15, 0.2) is 0 Å². The molecule has 0 aliphatic carbocycles. The van der Waals surface area contributed by atoms with Crippen molar-refractivity contribution in [1.29, 1.82) is 0 Å². The Kier molecular flexibility index (Phi) is 4.84. The van der Waals surface area contributed by atoms with E-state index in [4.69, 9.17) is 16.3 Å². The molecule has 1 atom stereocenters. The van der Waals surface area contributed by atoms with Crippen molar-refractivity contribution in [3.63, 3.8) is 0 Å². The molecule has 5 nitrogen and oxygen atoms in total. The molecule has 3 rings (SSSR count). The Labute approximate surface area is 136 Å². The van der Waals surface area contributed by atoms with Gasteiger partial charge in [-0.15, -0.1) is 0 Å². The monoisotopic (exact) mass is 323 g/mol. The van der Waals surface area contributed by atoms with Crippen molar-refractivity contribution in [3.8, 4) is 0 Å². The van der Waals surface area contributed by atoms with Crippen LogP contribution in [0, 0.1) is 5.92 Å². The van der Waals surface area contributed by atoms with Crippen LogP contribution in [0.15, 0.2) is 18.3 Å². The van der Waals surface area contributed by atoms with E-state index in [0.717, 1.165) is 44.8 Å². The maximum absolute atomic E-state index is 12.6. The van der Waals surface area contributed by atoms with Crippen molar-refractivity contribution in [2.24, 2.45) is 5.92 Å². The molecule has 22 heavy (non-hydrogen) atoms. The van der Waals surface area contributed by atoms with Gasteiger partial charge in [0.25, 0.3) is 0 Å². The van der Waals surface area contributed by atoms with Crippen LogP contribution in [0.3, 0.4) is 0 Å². The number of aromatic nitrogens is 1. The first kappa shape index (κ1) is 15.6. The number of carbonyl (C=O) groups is 1. The van der Waals surface area contributed by atoms with Crippen LogP contribution >= 0.6 is 11.6 Å². The first-order chi connectivity index (χ1) is 10.6. The van der Waals surface area contributed by atoms with Crippen molar-refractivity contribution in [2.75, 3.05) is 37.7 Å². The number of nitrogens with zero attached hydrogens (tertiary/aromatic N) is 3. The first-order valence-corrected chi connectivity index (χ1v) is 8.28. The molecular formula is C16H22ClN3O2. The zero-order valence-corrected chi connectivity index (χ0v) is 13.6. The van der Waals surface area contributed by atoms with E-state index in [2.05, 4.69) is 9.88 Å². The van der Waals surface area contributed by atoms with Crippen LogP contribution in [0.1, 0.15) is 19.8 Å². The Morgan fingerprint density at radius 2 is 2.09 bits per heavy atom. The minimum absolute atomic E-state index is 0.133. The Morgan fingerprint density at radius 3 is 2.73 bits per heavy atom. The maximum atomic E-state index is 12.6. The summed E-state index contributed by atoms with van der Waals surface area (Å²) in [6.45, 7) is 5.85. The lowest BCUT2D eigenvalue weighted by Crippen LogP contribution is -2.49. The van der Waals surface area contributed by atoms with E-state index in [0.29, 0.717) is 17.5 Å². The highest BCUT2D eigenvalue weighted by molar-refractivity contribution is 6.30. The van der Waals surface area contributed by atoms with Crippen LogP contribution in [0.4, 0.5) is 5.82 Å². The second kappa shape index (κ2) is 6.84. The van der Waals surface area contributed by atoms with Crippen LogP contribution in [0.25, 0.3) is 0 Å². The molecule has 0 radical (unpaired) electrons. The fraction of sp³-hybridized carbons (Fsp3) is 0.625. The van der Waals surface area contributed by atoms with Gasteiger partial charge in [-0.3, -0.25) is 4.79 Å². The molecule has 1 amide bonds. The van der Waals surface area contributed by atoms with E-state index < -0.39 is 0 Å². The number of piperidine rings is 1. The highest BCUT2D eigenvalue weighted by atomic mass is 35.5. The third-order valence-electron chi connectivity index (χ3n) is 4.43. The Bertz CT molecular complexity index is 515. The molecule has 0 aromatic carbocycles. The topological polar surface area (TPSA) is 45.7 Å². The molecule has 1 aromatic rings. The maximum Gasteiger partial charge on any atom is 0.225 e. The molecule has 2 aliphatic heterocycles. The van der Waals surface area contributed by atoms with Crippen molar-refractivity contribution >= 4 is 23.3 Å². The summed E-state index contributed by atoms with van der Waals surface area (Å²) in [6.07, 6.45) is 3.59. The zero-order chi connectivity index (χ0) is 15.5. The number of halogens is 1. The number of anilines is 1. The summed E-state index contributed by atoms with van der Waals surface area (Å²) in [5, 5.41) is 0.648. The van der Waals surface area contributed by atoms with Gasteiger partial charge in [-0.05, 0) is 31.9 Å². The molecule has 2 aliphatic rings. The van der Waals surface area contributed by atoms with Crippen LogP contribution < -0.4 is 4.90 Å². The molecule has 3 heterocycles. The highest BCUT2D eigenvalue weighted by Crippen LogP contribution is 2.24. The number of hydrogen-bond donors (Lipinski definition) is 0. The number of rotatable bonds is 2. The van der Waals surface area contributed by atoms with E-state index >= 15 is 0 Å². The van der Waals surface area contributed by atoms with Gasteiger partial charge in [-0.2, -0.15) is 0 Å². The average Bonchev–Trinajstić information content (AvgIpc) is 2.55. The van der Waals surface area contributed by atoms with E-state index in [-0.39, 0.29) is 12.0 Å². The molecule has 0 bridgehead atoms. The lowest BCUT2D eigenvalue weighted by molar-refractivity contribution is -0.143. The molecule has 2 fully saturated rings. The third-order valence-corrected chi connectivity index (χ3v) is 4.66. The molecule has 0 spiro atoms. The molecule has 6 heteroatoms.